The highest BCUT2D eigenvalue weighted by Crippen LogP contribution is 2.36. The molecule has 0 bridgehead atoms. The molecule has 1 atom stereocenters. The van der Waals surface area contributed by atoms with Crippen LogP contribution in [0.5, 0.6) is 0 Å². The minimum Gasteiger partial charge on any atom is -0.399 e. The zero-order valence-corrected chi connectivity index (χ0v) is 14.0. The molecular weight excluding hydrogens is 269 g/mol. The van der Waals surface area contributed by atoms with Gasteiger partial charge in [-0.3, -0.25) is 4.72 Å². The molecule has 1 aromatic carbocycles. The van der Waals surface area contributed by atoms with Crippen LogP contribution in [0.3, 0.4) is 0 Å². The maximum atomic E-state index is 6.06. The Morgan fingerprint density at radius 3 is 2.00 bits per heavy atom. The number of nitrogens with one attached hydrogen (secondary N) is 1. The van der Waals surface area contributed by atoms with E-state index in [-0.39, 0.29) is 18.3 Å². The van der Waals surface area contributed by atoms with Crippen molar-refractivity contribution >= 4 is 24.5 Å². The summed E-state index contributed by atoms with van der Waals surface area (Å²) in [6.07, 6.45) is 2.04. The maximum absolute atomic E-state index is 6.06. The zero-order valence-electron chi connectivity index (χ0n) is 13.2. The van der Waals surface area contributed by atoms with Crippen molar-refractivity contribution in [2.45, 2.75) is 51.9 Å². The molecule has 110 valence electrons. The molecule has 1 fully saturated rings. The topological polar surface area (TPSA) is 30.5 Å². The minimum absolute atomic E-state index is 0.280. The first kappa shape index (κ1) is 15.9. The third-order valence-corrected chi connectivity index (χ3v) is 4.85. The van der Waals surface area contributed by atoms with Gasteiger partial charge in [0.15, 0.2) is 0 Å². The fourth-order valence-electron chi connectivity index (χ4n) is 2.17. The molecule has 0 aliphatic carbocycles. The highest BCUT2D eigenvalue weighted by atomic mass is 32.2. The van der Waals surface area contributed by atoms with Gasteiger partial charge < -0.3 is 9.31 Å². The van der Waals surface area contributed by atoms with Crippen molar-refractivity contribution in [1.29, 1.82) is 0 Å². The highest BCUT2D eigenvalue weighted by molar-refractivity contribution is 7.96. The molecule has 0 spiro atoms. The van der Waals surface area contributed by atoms with Crippen LogP contribution in [-0.2, 0) is 9.31 Å². The number of hydrogen-bond acceptors (Lipinski definition) is 4. The van der Waals surface area contributed by atoms with E-state index in [4.69, 9.17) is 9.31 Å². The Bertz CT molecular complexity index is 445. The lowest BCUT2D eigenvalue weighted by molar-refractivity contribution is 0.00578. The lowest BCUT2D eigenvalue weighted by Crippen LogP contribution is -2.41. The van der Waals surface area contributed by atoms with Crippen LogP contribution < -0.4 is 10.2 Å². The Morgan fingerprint density at radius 2 is 1.55 bits per heavy atom. The first-order valence-corrected chi connectivity index (χ1v) is 8.23. The molecule has 1 saturated heterocycles. The summed E-state index contributed by atoms with van der Waals surface area (Å²) in [4.78, 5) is 0. The number of rotatable bonds is 4. The van der Waals surface area contributed by atoms with Crippen LogP contribution in [0.2, 0.25) is 0 Å². The van der Waals surface area contributed by atoms with Gasteiger partial charge in [-0.15, -0.1) is 0 Å². The predicted molar refractivity (Wildman–Crippen MR) is 87.2 cm³/mol. The van der Waals surface area contributed by atoms with E-state index in [1.807, 2.05) is 6.26 Å². The fraction of sp³-hybridized carbons (Fsp3) is 0.600. The second-order valence-electron chi connectivity index (χ2n) is 6.30. The van der Waals surface area contributed by atoms with E-state index in [1.165, 1.54) is 5.56 Å². The van der Waals surface area contributed by atoms with Crippen LogP contribution in [0.4, 0.5) is 0 Å². The number of benzene rings is 1. The molecule has 1 unspecified atom stereocenters. The van der Waals surface area contributed by atoms with E-state index < -0.39 is 0 Å². The summed E-state index contributed by atoms with van der Waals surface area (Å²) in [6, 6.07) is 8.78. The van der Waals surface area contributed by atoms with Crippen LogP contribution in [0, 0.1) is 0 Å². The summed E-state index contributed by atoms with van der Waals surface area (Å²) in [5, 5.41) is 0. The normalized spacial score (nSPS) is 22.0. The minimum atomic E-state index is -0.288. The van der Waals surface area contributed by atoms with Gasteiger partial charge in [0.25, 0.3) is 0 Å². The summed E-state index contributed by atoms with van der Waals surface area (Å²) in [6.45, 7) is 10.5. The van der Waals surface area contributed by atoms with Gasteiger partial charge in [-0.2, -0.15) is 0 Å². The molecule has 5 heteroatoms. The van der Waals surface area contributed by atoms with Crippen LogP contribution >= 0.6 is 11.9 Å². The molecule has 2 rings (SSSR count). The maximum Gasteiger partial charge on any atom is 0.494 e. The Hall–Kier alpha value is -0.485. The first-order valence-electron chi connectivity index (χ1n) is 7.01. The molecule has 1 aromatic rings. The monoisotopic (exact) mass is 293 g/mol. The standard InChI is InChI=1S/C15H24BNO2S/c1-11(17-20-6)12-7-9-13(10-8-12)16-18-14(2,3)15(4,5)19-16/h7-11,17H,1-6H3. The molecule has 20 heavy (non-hydrogen) atoms. The van der Waals surface area contributed by atoms with E-state index in [1.54, 1.807) is 11.9 Å². The highest BCUT2D eigenvalue weighted by Gasteiger charge is 2.51. The molecule has 1 aliphatic rings. The Labute approximate surface area is 127 Å². The van der Waals surface area contributed by atoms with Crippen molar-refractivity contribution in [3.63, 3.8) is 0 Å². The second-order valence-corrected chi connectivity index (χ2v) is 6.94. The lowest BCUT2D eigenvalue weighted by atomic mass is 9.78. The van der Waals surface area contributed by atoms with Crippen molar-refractivity contribution < 1.29 is 9.31 Å². The summed E-state index contributed by atoms with van der Waals surface area (Å²) in [7, 11) is -0.280. The molecule has 1 heterocycles. The molecule has 1 N–H and O–H groups in total. The molecule has 0 amide bonds. The Kier molecular flexibility index (Phi) is 4.55. The van der Waals surface area contributed by atoms with Gasteiger partial charge in [0.2, 0.25) is 0 Å². The van der Waals surface area contributed by atoms with E-state index in [9.17, 15) is 0 Å². The second kappa shape index (κ2) is 5.72. The average Bonchev–Trinajstić information content (AvgIpc) is 2.59. The summed E-state index contributed by atoms with van der Waals surface area (Å²) in [5.41, 5.74) is 1.76. The van der Waals surface area contributed by atoms with E-state index >= 15 is 0 Å². The smallest absolute Gasteiger partial charge is 0.399 e. The van der Waals surface area contributed by atoms with Gasteiger partial charge in [0, 0.05) is 6.04 Å². The molecule has 1 aliphatic heterocycles. The van der Waals surface area contributed by atoms with E-state index in [0.717, 1.165) is 5.46 Å². The van der Waals surface area contributed by atoms with Crippen LogP contribution in [-0.4, -0.2) is 24.6 Å². The molecular formula is C15H24BNO2S. The Morgan fingerprint density at radius 1 is 1.05 bits per heavy atom. The van der Waals surface area contributed by atoms with Gasteiger partial charge >= 0.3 is 7.12 Å². The fourth-order valence-corrected chi connectivity index (χ4v) is 2.66. The van der Waals surface area contributed by atoms with Gasteiger partial charge in [-0.1, -0.05) is 36.2 Å². The van der Waals surface area contributed by atoms with E-state index in [2.05, 4.69) is 63.6 Å². The van der Waals surface area contributed by atoms with Crippen molar-refractivity contribution in [3.05, 3.63) is 29.8 Å². The SMILES string of the molecule is CSNC(C)c1ccc(B2OC(C)(C)C(C)(C)O2)cc1. The molecule has 0 saturated carbocycles. The van der Waals surface area contributed by atoms with Gasteiger partial charge in [0.1, 0.15) is 0 Å². The van der Waals surface area contributed by atoms with Crippen molar-refractivity contribution in [2.24, 2.45) is 0 Å². The van der Waals surface area contributed by atoms with Crippen molar-refractivity contribution in [3.8, 4) is 0 Å². The summed E-state index contributed by atoms with van der Waals surface area (Å²) in [5.74, 6) is 0. The van der Waals surface area contributed by atoms with Crippen LogP contribution in [0.1, 0.15) is 46.2 Å². The largest absolute Gasteiger partial charge is 0.494 e. The first-order chi connectivity index (χ1) is 9.27. The number of hydrogen-bond donors (Lipinski definition) is 1. The van der Waals surface area contributed by atoms with Crippen molar-refractivity contribution in [1.82, 2.24) is 4.72 Å². The Balaban J connectivity index is 2.12. The lowest BCUT2D eigenvalue weighted by Gasteiger charge is -2.32. The van der Waals surface area contributed by atoms with Crippen LogP contribution in [0.15, 0.2) is 24.3 Å². The third kappa shape index (κ3) is 3.06. The third-order valence-electron chi connectivity index (χ3n) is 4.26. The van der Waals surface area contributed by atoms with Gasteiger partial charge in [0.05, 0.1) is 11.2 Å². The van der Waals surface area contributed by atoms with Crippen LogP contribution in [0.25, 0.3) is 0 Å². The van der Waals surface area contributed by atoms with E-state index in [0.29, 0.717) is 6.04 Å². The van der Waals surface area contributed by atoms with Crippen molar-refractivity contribution in [2.75, 3.05) is 6.26 Å². The molecule has 3 nitrogen and oxygen atoms in total. The quantitative estimate of drug-likeness (QED) is 0.683. The molecule has 0 aromatic heterocycles. The average molecular weight is 293 g/mol. The predicted octanol–water partition coefficient (Wildman–Crippen LogP) is 2.91. The molecule has 0 radical (unpaired) electrons. The zero-order chi connectivity index (χ0) is 15.0. The summed E-state index contributed by atoms with van der Waals surface area (Å²) < 4.78 is 15.4. The van der Waals surface area contributed by atoms with Gasteiger partial charge in [-0.25, -0.2) is 0 Å². The van der Waals surface area contributed by atoms with Gasteiger partial charge in [-0.05, 0) is 51.9 Å². The summed E-state index contributed by atoms with van der Waals surface area (Å²) >= 11 is 1.63.